The molecule has 6 N–H and O–H groups in total. The summed E-state index contributed by atoms with van der Waals surface area (Å²) in [6, 6.07) is -0.802. The molecule has 7 atom stereocenters. The maximum atomic E-state index is 12.9. The lowest BCUT2D eigenvalue weighted by Crippen LogP contribution is -2.60. The van der Waals surface area contributed by atoms with Crippen molar-refractivity contribution in [3.05, 3.63) is 24.3 Å². The maximum Gasteiger partial charge on any atom is 0.220 e. The molecule has 1 rings (SSSR count). The average molecular weight is 740 g/mol. The molecule has 1 heterocycles. The van der Waals surface area contributed by atoms with Gasteiger partial charge in [-0.2, -0.15) is 0 Å². The van der Waals surface area contributed by atoms with Crippen LogP contribution >= 0.6 is 0 Å². The number of carbonyl (C=O) groups is 1. The van der Waals surface area contributed by atoms with Crippen LogP contribution in [-0.2, 0) is 14.3 Å². The van der Waals surface area contributed by atoms with Gasteiger partial charge >= 0.3 is 0 Å². The molecule has 0 aromatic carbocycles. The second kappa shape index (κ2) is 34.2. The number of allylic oxidation sites excluding steroid dienone is 3. The van der Waals surface area contributed by atoms with Gasteiger partial charge in [-0.1, -0.05) is 167 Å². The Kier molecular flexibility index (Phi) is 32.0. The Morgan fingerprint density at radius 3 is 1.63 bits per heavy atom. The smallest absolute Gasteiger partial charge is 0.220 e. The van der Waals surface area contributed by atoms with Gasteiger partial charge in [0.1, 0.15) is 24.4 Å². The standard InChI is InChI=1S/C43H81NO8/c1-3-5-7-9-11-13-15-17-18-19-21-23-25-27-29-31-33-39(47)44-36(35-51-43-42(50)41(49)40(48)38(34-45)52-43)37(46)32-30-28-26-24-22-20-16-14-12-10-8-6-4-2/h8,10,30,32,36-38,40-43,45-46,48-50H,3-7,9,11-29,31,33-35H2,1-2H3,(H,44,47)/b10-8+,32-30+/t36-,37+,38-,40-,41?,42?,43-/m0/s1. The van der Waals surface area contributed by atoms with Crippen LogP contribution in [0.4, 0.5) is 0 Å². The van der Waals surface area contributed by atoms with Crippen molar-refractivity contribution in [3.63, 3.8) is 0 Å². The highest BCUT2D eigenvalue weighted by Crippen LogP contribution is 2.22. The monoisotopic (exact) mass is 740 g/mol. The molecule has 0 aliphatic carbocycles. The second-order valence-corrected chi connectivity index (χ2v) is 15.1. The first kappa shape index (κ1) is 48.7. The number of carbonyl (C=O) groups excluding carboxylic acids is 1. The van der Waals surface area contributed by atoms with Crippen LogP contribution in [-0.4, -0.2) is 87.5 Å². The van der Waals surface area contributed by atoms with Crippen LogP contribution in [0.5, 0.6) is 0 Å². The third-order valence-corrected chi connectivity index (χ3v) is 10.3. The molecule has 0 spiro atoms. The van der Waals surface area contributed by atoms with Crippen molar-refractivity contribution in [2.24, 2.45) is 0 Å². The summed E-state index contributed by atoms with van der Waals surface area (Å²) in [4.78, 5) is 12.9. The van der Waals surface area contributed by atoms with E-state index in [1.54, 1.807) is 6.08 Å². The molecule has 9 heteroatoms. The number of rotatable bonds is 35. The van der Waals surface area contributed by atoms with Crippen molar-refractivity contribution in [2.45, 2.75) is 230 Å². The van der Waals surface area contributed by atoms with E-state index >= 15 is 0 Å². The Morgan fingerprint density at radius 1 is 0.635 bits per heavy atom. The van der Waals surface area contributed by atoms with Gasteiger partial charge in [-0.15, -0.1) is 0 Å². The highest BCUT2D eigenvalue weighted by molar-refractivity contribution is 5.76. The van der Waals surface area contributed by atoms with E-state index in [4.69, 9.17) is 9.47 Å². The molecule has 306 valence electrons. The molecule has 2 unspecified atom stereocenters. The van der Waals surface area contributed by atoms with Gasteiger partial charge in [0.05, 0.1) is 25.4 Å². The van der Waals surface area contributed by atoms with Crippen molar-refractivity contribution in [1.29, 1.82) is 0 Å². The summed E-state index contributed by atoms with van der Waals surface area (Å²) in [6.45, 7) is 3.71. The molecular weight excluding hydrogens is 658 g/mol. The fourth-order valence-corrected chi connectivity index (χ4v) is 6.75. The van der Waals surface area contributed by atoms with Gasteiger partial charge < -0.3 is 40.3 Å². The molecule has 0 aromatic heterocycles. The number of nitrogens with one attached hydrogen (secondary N) is 1. The summed E-state index contributed by atoms with van der Waals surface area (Å²) in [5.41, 5.74) is 0. The van der Waals surface area contributed by atoms with Crippen LogP contribution in [0, 0.1) is 0 Å². The lowest BCUT2D eigenvalue weighted by Gasteiger charge is -2.40. The Hall–Kier alpha value is -1.33. The number of aliphatic hydroxyl groups excluding tert-OH is 5. The van der Waals surface area contributed by atoms with Gasteiger partial charge in [0.2, 0.25) is 5.91 Å². The molecular formula is C43H81NO8. The van der Waals surface area contributed by atoms with E-state index in [0.717, 1.165) is 44.9 Å². The van der Waals surface area contributed by atoms with Gasteiger partial charge in [-0.25, -0.2) is 0 Å². The van der Waals surface area contributed by atoms with E-state index in [-0.39, 0.29) is 12.5 Å². The predicted octanol–water partition coefficient (Wildman–Crippen LogP) is 8.33. The van der Waals surface area contributed by atoms with E-state index < -0.39 is 49.5 Å². The van der Waals surface area contributed by atoms with Gasteiger partial charge in [0.15, 0.2) is 6.29 Å². The minimum absolute atomic E-state index is 0.180. The summed E-state index contributed by atoms with van der Waals surface area (Å²) in [5.74, 6) is -0.180. The van der Waals surface area contributed by atoms with Crippen molar-refractivity contribution in [1.82, 2.24) is 5.32 Å². The number of aliphatic hydroxyl groups is 5. The van der Waals surface area contributed by atoms with E-state index in [9.17, 15) is 30.3 Å². The highest BCUT2D eigenvalue weighted by Gasteiger charge is 2.44. The van der Waals surface area contributed by atoms with Crippen molar-refractivity contribution in [2.75, 3.05) is 13.2 Å². The molecule has 9 nitrogen and oxygen atoms in total. The normalized spacial score (nSPS) is 22.0. The summed E-state index contributed by atoms with van der Waals surface area (Å²) in [7, 11) is 0. The van der Waals surface area contributed by atoms with E-state index in [0.29, 0.717) is 6.42 Å². The Morgan fingerprint density at radius 2 is 1.12 bits per heavy atom. The Balaban J connectivity index is 2.38. The lowest BCUT2D eigenvalue weighted by molar-refractivity contribution is -0.302. The van der Waals surface area contributed by atoms with E-state index in [1.165, 1.54) is 122 Å². The third-order valence-electron chi connectivity index (χ3n) is 10.3. The van der Waals surface area contributed by atoms with Crippen molar-refractivity contribution >= 4 is 5.91 Å². The first-order valence-corrected chi connectivity index (χ1v) is 21.6. The largest absolute Gasteiger partial charge is 0.394 e. The highest BCUT2D eigenvalue weighted by atomic mass is 16.7. The minimum Gasteiger partial charge on any atom is -0.394 e. The SMILES string of the molecule is CCC/C=C/CCCCCCCC/C=C/[C@@H](O)[C@H](CO[C@H]1O[C@@H](CO)[C@H](O)C(O)C1O)NC(=O)CCCCCCCCCCCCCCCCCC. The Bertz CT molecular complexity index is 868. The fraction of sp³-hybridized carbons (Fsp3) is 0.884. The molecule has 1 saturated heterocycles. The molecule has 1 amide bonds. The van der Waals surface area contributed by atoms with Crippen molar-refractivity contribution < 1.29 is 39.8 Å². The summed E-state index contributed by atoms with van der Waals surface area (Å²) in [5, 5.41) is 54.0. The summed E-state index contributed by atoms with van der Waals surface area (Å²) in [6.07, 6.45) is 32.1. The number of ether oxygens (including phenoxy) is 2. The van der Waals surface area contributed by atoms with Crippen LogP contribution in [0.1, 0.15) is 187 Å². The molecule has 1 fully saturated rings. The van der Waals surface area contributed by atoms with E-state index in [1.807, 2.05) is 6.08 Å². The van der Waals surface area contributed by atoms with Gasteiger partial charge in [0.25, 0.3) is 0 Å². The Labute approximate surface area is 318 Å². The fourth-order valence-electron chi connectivity index (χ4n) is 6.75. The molecule has 1 aliphatic heterocycles. The van der Waals surface area contributed by atoms with Crippen LogP contribution in [0.15, 0.2) is 24.3 Å². The summed E-state index contributed by atoms with van der Waals surface area (Å²) >= 11 is 0. The van der Waals surface area contributed by atoms with E-state index in [2.05, 4.69) is 31.3 Å². The number of hydrogen-bond donors (Lipinski definition) is 6. The molecule has 0 bridgehead atoms. The quantitative estimate of drug-likeness (QED) is 0.0281. The van der Waals surface area contributed by atoms with Crippen molar-refractivity contribution in [3.8, 4) is 0 Å². The molecule has 0 saturated carbocycles. The molecule has 1 aliphatic rings. The topological polar surface area (TPSA) is 149 Å². The number of unbranched alkanes of at least 4 members (excludes halogenated alkanes) is 23. The van der Waals surface area contributed by atoms with Crippen LogP contribution in [0.25, 0.3) is 0 Å². The second-order valence-electron chi connectivity index (χ2n) is 15.1. The zero-order chi connectivity index (χ0) is 38.1. The minimum atomic E-state index is -1.56. The van der Waals surface area contributed by atoms with Crippen LogP contribution in [0.2, 0.25) is 0 Å². The number of hydrogen-bond acceptors (Lipinski definition) is 8. The maximum absolute atomic E-state index is 12.9. The van der Waals surface area contributed by atoms with Gasteiger partial charge in [-0.3, -0.25) is 4.79 Å². The first-order valence-electron chi connectivity index (χ1n) is 21.6. The summed E-state index contributed by atoms with van der Waals surface area (Å²) < 4.78 is 11.2. The first-order chi connectivity index (χ1) is 25.3. The van der Waals surface area contributed by atoms with Gasteiger partial charge in [0, 0.05) is 6.42 Å². The predicted molar refractivity (Wildman–Crippen MR) is 212 cm³/mol. The number of amides is 1. The third kappa shape index (κ3) is 24.9. The molecule has 0 radical (unpaired) electrons. The van der Waals surface area contributed by atoms with Crippen LogP contribution in [0.3, 0.4) is 0 Å². The molecule has 52 heavy (non-hydrogen) atoms. The molecule has 0 aromatic rings. The van der Waals surface area contributed by atoms with Gasteiger partial charge in [-0.05, 0) is 38.5 Å². The zero-order valence-electron chi connectivity index (χ0n) is 33.3. The lowest BCUT2D eigenvalue weighted by atomic mass is 9.99. The van der Waals surface area contributed by atoms with Crippen LogP contribution < -0.4 is 5.32 Å². The zero-order valence-corrected chi connectivity index (χ0v) is 33.3. The average Bonchev–Trinajstić information content (AvgIpc) is 3.14.